The third-order valence-electron chi connectivity index (χ3n) is 3.66. The van der Waals surface area contributed by atoms with E-state index in [0.717, 1.165) is 21.9 Å². The molecule has 0 fully saturated rings. The second-order valence-electron chi connectivity index (χ2n) is 5.66. The molecule has 1 amide bonds. The Hall–Kier alpha value is -2.78. The summed E-state index contributed by atoms with van der Waals surface area (Å²) in [6.45, 7) is 3.94. The summed E-state index contributed by atoms with van der Waals surface area (Å²) in [5, 5.41) is 22.9. The van der Waals surface area contributed by atoms with Gasteiger partial charge in [-0.1, -0.05) is 47.7 Å². The zero-order chi connectivity index (χ0) is 19.4. The van der Waals surface area contributed by atoms with Crippen LogP contribution in [0.3, 0.4) is 0 Å². The molecule has 0 unspecified atom stereocenters. The molecule has 27 heavy (non-hydrogen) atoms. The molecule has 0 atom stereocenters. The zero-order valence-corrected chi connectivity index (χ0v) is 16.3. The van der Waals surface area contributed by atoms with Crippen molar-refractivity contribution in [2.75, 3.05) is 5.32 Å². The molecule has 0 aliphatic heterocycles. The third-order valence-corrected chi connectivity index (χ3v) is 5.72. The van der Waals surface area contributed by atoms with Crippen LogP contribution in [0.4, 0.5) is 10.8 Å². The number of benzene rings is 2. The van der Waals surface area contributed by atoms with Crippen molar-refractivity contribution >= 4 is 39.8 Å². The molecule has 0 aliphatic rings. The number of nitrogens with one attached hydrogen (secondary N) is 1. The highest BCUT2D eigenvalue weighted by Crippen LogP contribution is 2.33. The van der Waals surface area contributed by atoms with Gasteiger partial charge in [0.25, 0.3) is 11.6 Å². The van der Waals surface area contributed by atoms with Crippen LogP contribution >= 0.6 is 23.1 Å². The lowest BCUT2D eigenvalue weighted by Gasteiger charge is -2.09. The van der Waals surface area contributed by atoms with Gasteiger partial charge in [0.05, 0.1) is 10.5 Å². The van der Waals surface area contributed by atoms with Crippen molar-refractivity contribution in [2.45, 2.75) is 30.1 Å². The van der Waals surface area contributed by atoms with Crippen molar-refractivity contribution in [3.05, 3.63) is 68.7 Å². The average molecular weight is 400 g/mol. The van der Waals surface area contributed by atoms with Crippen LogP contribution in [0.5, 0.6) is 0 Å². The van der Waals surface area contributed by atoms with Crippen molar-refractivity contribution in [1.29, 1.82) is 0 Å². The van der Waals surface area contributed by atoms with Crippen molar-refractivity contribution < 1.29 is 9.72 Å². The van der Waals surface area contributed by atoms with E-state index in [2.05, 4.69) is 15.5 Å². The summed E-state index contributed by atoms with van der Waals surface area (Å²) >= 11 is 2.66. The van der Waals surface area contributed by atoms with Crippen LogP contribution in [-0.4, -0.2) is 21.0 Å². The fraction of sp³-hybridized carbons (Fsp3) is 0.167. The number of nitro benzene ring substituents is 1. The van der Waals surface area contributed by atoms with Crippen LogP contribution in [0.15, 0.2) is 52.3 Å². The number of aromatic nitrogens is 2. The first-order valence-electron chi connectivity index (χ1n) is 8.13. The summed E-state index contributed by atoms with van der Waals surface area (Å²) in [5.74, 6) is -0.452. The molecule has 0 saturated carbocycles. The van der Waals surface area contributed by atoms with Crippen LogP contribution in [0.25, 0.3) is 0 Å². The Kier molecular flexibility index (Phi) is 5.82. The van der Waals surface area contributed by atoms with E-state index in [1.54, 1.807) is 6.07 Å². The minimum absolute atomic E-state index is 0.139. The van der Waals surface area contributed by atoms with Gasteiger partial charge in [0.2, 0.25) is 5.13 Å². The number of carbonyl (C=O) groups excluding carboxylic acids is 1. The molecule has 1 N–H and O–H groups in total. The number of non-ortho nitro benzene ring substituents is 1. The number of nitro groups is 1. The predicted molar refractivity (Wildman–Crippen MR) is 106 cm³/mol. The minimum Gasteiger partial charge on any atom is -0.296 e. The molecule has 7 nitrogen and oxygen atoms in total. The summed E-state index contributed by atoms with van der Waals surface area (Å²) in [4.78, 5) is 24.9. The highest BCUT2D eigenvalue weighted by atomic mass is 32.2. The Labute approximate surface area is 164 Å². The van der Waals surface area contributed by atoms with Gasteiger partial charge in [0.1, 0.15) is 5.01 Å². The number of rotatable bonds is 6. The summed E-state index contributed by atoms with van der Waals surface area (Å²) in [6.07, 6.45) is 0.721. The van der Waals surface area contributed by atoms with E-state index < -0.39 is 10.8 Å². The van der Waals surface area contributed by atoms with Crippen LogP contribution in [0.1, 0.15) is 27.9 Å². The number of carbonyl (C=O) groups is 1. The fourth-order valence-electron chi connectivity index (χ4n) is 2.24. The lowest BCUT2D eigenvalue weighted by Crippen LogP contribution is -2.13. The topological polar surface area (TPSA) is 98.0 Å². The van der Waals surface area contributed by atoms with Crippen molar-refractivity contribution in [3.63, 3.8) is 0 Å². The largest absolute Gasteiger partial charge is 0.296 e. The fourth-order valence-corrected chi connectivity index (χ4v) is 3.84. The molecule has 9 heteroatoms. The summed E-state index contributed by atoms with van der Waals surface area (Å²) in [5.41, 5.74) is 1.21. The van der Waals surface area contributed by atoms with Crippen molar-refractivity contribution in [3.8, 4) is 0 Å². The average Bonchev–Trinajstić information content (AvgIpc) is 3.11. The number of hydrogen-bond acceptors (Lipinski definition) is 7. The van der Waals surface area contributed by atoms with Crippen LogP contribution < -0.4 is 5.32 Å². The number of anilines is 1. The third kappa shape index (κ3) is 4.69. The van der Waals surface area contributed by atoms with E-state index in [0.29, 0.717) is 10.0 Å². The monoisotopic (exact) mass is 400 g/mol. The molecule has 0 radical (unpaired) electrons. The molecule has 0 aliphatic carbocycles. The Bertz CT molecular complexity index is 987. The molecule has 2 aromatic carbocycles. The van der Waals surface area contributed by atoms with Gasteiger partial charge in [-0.05, 0) is 31.5 Å². The standard InChI is InChI=1S/C18H16N4O3S2/c1-3-16-20-21-18(27-16)19-17(23)14-10-12(22(24)25)6-9-15(14)26-13-7-4-11(2)5-8-13/h4-10H,3H2,1-2H3,(H,19,21,23). The highest BCUT2D eigenvalue weighted by Gasteiger charge is 2.19. The van der Waals surface area contributed by atoms with E-state index in [1.165, 1.54) is 35.2 Å². The number of amides is 1. The van der Waals surface area contributed by atoms with Gasteiger partial charge in [-0.25, -0.2) is 0 Å². The molecular weight excluding hydrogens is 384 g/mol. The van der Waals surface area contributed by atoms with Gasteiger partial charge in [0, 0.05) is 21.9 Å². The molecule has 1 heterocycles. The Balaban J connectivity index is 1.91. The lowest BCUT2D eigenvalue weighted by molar-refractivity contribution is -0.384. The molecule has 0 spiro atoms. The van der Waals surface area contributed by atoms with Gasteiger partial charge in [0.15, 0.2) is 0 Å². The number of nitrogens with zero attached hydrogens (tertiary/aromatic N) is 3. The molecule has 3 aromatic rings. The summed E-state index contributed by atoms with van der Waals surface area (Å²) in [7, 11) is 0. The Morgan fingerprint density at radius 3 is 2.59 bits per heavy atom. The van der Waals surface area contributed by atoms with Gasteiger partial charge < -0.3 is 0 Å². The highest BCUT2D eigenvalue weighted by molar-refractivity contribution is 7.99. The molecular formula is C18H16N4O3S2. The molecule has 3 rings (SSSR count). The van der Waals surface area contributed by atoms with E-state index in [9.17, 15) is 14.9 Å². The second kappa shape index (κ2) is 8.28. The smallest absolute Gasteiger partial charge is 0.270 e. The normalized spacial score (nSPS) is 10.6. The van der Waals surface area contributed by atoms with Crippen LogP contribution in [0.2, 0.25) is 0 Å². The molecule has 1 aromatic heterocycles. The zero-order valence-electron chi connectivity index (χ0n) is 14.6. The number of hydrogen-bond donors (Lipinski definition) is 1. The lowest BCUT2D eigenvalue weighted by atomic mass is 10.2. The molecule has 0 saturated heterocycles. The maximum Gasteiger partial charge on any atom is 0.270 e. The van der Waals surface area contributed by atoms with Crippen LogP contribution in [-0.2, 0) is 6.42 Å². The second-order valence-corrected chi connectivity index (χ2v) is 7.84. The maximum atomic E-state index is 12.7. The van der Waals surface area contributed by atoms with Crippen molar-refractivity contribution in [1.82, 2.24) is 10.2 Å². The first-order valence-corrected chi connectivity index (χ1v) is 9.76. The first-order chi connectivity index (χ1) is 13.0. The van der Waals surface area contributed by atoms with Gasteiger partial charge >= 0.3 is 0 Å². The predicted octanol–water partition coefficient (Wildman–Crippen LogP) is 4.72. The minimum atomic E-state index is -0.517. The first kappa shape index (κ1) is 19.0. The van der Waals surface area contributed by atoms with E-state index in [1.807, 2.05) is 38.1 Å². The summed E-state index contributed by atoms with van der Waals surface area (Å²) in [6, 6.07) is 12.1. The molecule has 138 valence electrons. The van der Waals surface area contributed by atoms with Gasteiger partial charge in [-0.3, -0.25) is 20.2 Å². The van der Waals surface area contributed by atoms with Crippen LogP contribution in [0, 0.1) is 17.0 Å². The Morgan fingerprint density at radius 1 is 1.22 bits per heavy atom. The quantitative estimate of drug-likeness (QED) is 0.475. The summed E-state index contributed by atoms with van der Waals surface area (Å²) < 4.78 is 0. The van der Waals surface area contributed by atoms with E-state index >= 15 is 0 Å². The SMILES string of the molecule is CCc1nnc(NC(=O)c2cc([N+](=O)[O-])ccc2Sc2ccc(C)cc2)s1. The Morgan fingerprint density at radius 2 is 1.96 bits per heavy atom. The van der Waals surface area contributed by atoms with Gasteiger partial charge in [-0.2, -0.15) is 0 Å². The van der Waals surface area contributed by atoms with E-state index in [4.69, 9.17) is 0 Å². The number of aryl methyl sites for hydroxylation is 2. The molecule has 0 bridgehead atoms. The van der Waals surface area contributed by atoms with Crippen molar-refractivity contribution in [2.24, 2.45) is 0 Å². The van der Waals surface area contributed by atoms with Gasteiger partial charge in [-0.15, -0.1) is 10.2 Å². The maximum absolute atomic E-state index is 12.7. The van der Waals surface area contributed by atoms with E-state index in [-0.39, 0.29) is 11.3 Å².